The lowest BCUT2D eigenvalue weighted by atomic mass is 10.1. The normalized spacial score (nSPS) is 10.3. The fraction of sp³-hybridized carbons (Fsp3) is 0.105. The van der Waals surface area contributed by atoms with Crippen LogP contribution in [0.5, 0.6) is 0 Å². The Hall–Kier alpha value is -2.88. The molecule has 3 N–H and O–H groups in total. The molecule has 27 heavy (non-hydrogen) atoms. The van der Waals surface area contributed by atoms with E-state index in [2.05, 4.69) is 37.9 Å². The van der Waals surface area contributed by atoms with Gasteiger partial charge in [-0.05, 0) is 59.0 Å². The second-order valence-corrected chi connectivity index (χ2v) is 6.90. The van der Waals surface area contributed by atoms with Crippen LogP contribution in [0.1, 0.15) is 10.4 Å². The van der Waals surface area contributed by atoms with Crippen LogP contribution in [-0.2, 0) is 4.74 Å². The molecule has 1 heterocycles. The Morgan fingerprint density at radius 3 is 2.56 bits per heavy atom. The minimum absolute atomic E-state index is 0.373. The van der Waals surface area contributed by atoms with Gasteiger partial charge in [0.25, 0.3) is 0 Å². The van der Waals surface area contributed by atoms with Crippen molar-refractivity contribution >= 4 is 57.3 Å². The standard InChI is InChI=1S/C19H18IN5O2/c1-25(15-6-4-3-5-14(15)19(26)27-2)18-16(21)17(22-11-23-18)24-13-9-7-12(20)8-10-13/h3-11H,21H2,1-2H3,(H,22,23,24). The predicted octanol–water partition coefficient (Wildman–Crippen LogP) is 3.96. The van der Waals surface area contributed by atoms with Gasteiger partial charge in [0.1, 0.15) is 12.0 Å². The van der Waals surface area contributed by atoms with Crippen molar-refractivity contribution in [1.82, 2.24) is 9.97 Å². The number of nitrogens with two attached hydrogens (primary N) is 1. The third kappa shape index (κ3) is 4.11. The van der Waals surface area contributed by atoms with E-state index in [1.165, 1.54) is 13.4 Å². The van der Waals surface area contributed by atoms with Crippen LogP contribution in [0, 0.1) is 3.57 Å². The summed E-state index contributed by atoms with van der Waals surface area (Å²) in [6, 6.07) is 15.0. The molecule has 0 saturated heterocycles. The smallest absolute Gasteiger partial charge is 0.339 e. The van der Waals surface area contributed by atoms with Crippen LogP contribution in [0.2, 0.25) is 0 Å². The number of hydrogen-bond acceptors (Lipinski definition) is 7. The van der Waals surface area contributed by atoms with Crippen LogP contribution in [0.15, 0.2) is 54.9 Å². The van der Waals surface area contributed by atoms with Crippen molar-refractivity contribution in [2.24, 2.45) is 0 Å². The number of hydrogen-bond donors (Lipinski definition) is 2. The molecule has 0 aliphatic rings. The average molecular weight is 475 g/mol. The number of carbonyl (C=O) groups excluding carboxylic acids is 1. The quantitative estimate of drug-likeness (QED) is 0.426. The van der Waals surface area contributed by atoms with Crippen molar-refractivity contribution in [1.29, 1.82) is 0 Å². The fourth-order valence-electron chi connectivity index (χ4n) is 2.59. The number of nitrogens with zero attached hydrogens (tertiary/aromatic N) is 3. The Kier molecular flexibility index (Phi) is 5.75. The van der Waals surface area contributed by atoms with Crippen LogP contribution in [-0.4, -0.2) is 30.1 Å². The van der Waals surface area contributed by atoms with Crippen molar-refractivity contribution in [3.8, 4) is 0 Å². The predicted molar refractivity (Wildman–Crippen MR) is 115 cm³/mol. The third-order valence-corrected chi connectivity index (χ3v) is 4.68. The monoisotopic (exact) mass is 475 g/mol. The first-order valence-corrected chi connectivity index (χ1v) is 9.13. The van der Waals surface area contributed by atoms with Gasteiger partial charge >= 0.3 is 5.97 Å². The van der Waals surface area contributed by atoms with Crippen molar-refractivity contribution in [3.63, 3.8) is 0 Å². The molecule has 0 radical (unpaired) electrons. The number of nitrogen functional groups attached to an aromatic ring is 1. The molecular weight excluding hydrogens is 457 g/mol. The van der Waals surface area contributed by atoms with E-state index in [4.69, 9.17) is 10.5 Å². The lowest BCUT2D eigenvalue weighted by Crippen LogP contribution is -2.18. The third-order valence-electron chi connectivity index (χ3n) is 3.96. The zero-order valence-electron chi connectivity index (χ0n) is 14.8. The highest BCUT2D eigenvalue weighted by molar-refractivity contribution is 14.1. The minimum atomic E-state index is -0.428. The summed E-state index contributed by atoms with van der Waals surface area (Å²) in [6.45, 7) is 0. The lowest BCUT2D eigenvalue weighted by molar-refractivity contribution is 0.0601. The van der Waals surface area contributed by atoms with Gasteiger partial charge in [0.15, 0.2) is 11.6 Å². The molecule has 0 bridgehead atoms. The molecular formula is C19H18IN5O2. The Morgan fingerprint density at radius 1 is 1.15 bits per heavy atom. The fourth-order valence-corrected chi connectivity index (χ4v) is 2.95. The molecule has 138 valence electrons. The summed E-state index contributed by atoms with van der Waals surface area (Å²) in [5, 5.41) is 3.20. The molecule has 3 rings (SSSR count). The number of rotatable bonds is 5. The number of methoxy groups -OCH3 is 1. The van der Waals surface area contributed by atoms with Crippen LogP contribution in [0.3, 0.4) is 0 Å². The van der Waals surface area contributed by atoms with E-state index >= 15 is 0 Å². The molecule has 8 heteroatoms. The summed E-state index contributed by atoms with van der Waals surface area (Å²) >= 11 is 2.24. The second kappa shape index (κ2) is 8.21. The Bertz CT molecular complexity index is 963. The molecule has 0 fully saturated rings. The van der Waals surface area contributed by atoms with Gasteiger partial charge in [-0.3, -0.25) is 0 Å². The molecule has 0 aliphatic heterocycles. The van der Waals surface area contributed by atoms with Gasteiger partial charge in [0.05, 0.1) is 18.4 Å². The highest BCUT2D eigenvalue weighted by Crippen LogP contribution is 2.33. The average Bonchev–Trinajstić information content (AvgIpc) is 2.70. The Balaban J connectivity index is 1.96. The summed E-state index contributed by atoms with van der Waals surface area (Å²) < 4.78 is 6.00. The Labute approximate surface area is 170 Å². The van der Waals surface area contributed by atoms with Gasteiger partial charge in [0, 0.05) is 16.3 Å². The summed E-state index contributed by atoms with van der Waals surface area (Å²) in [6.07, 6.45) is 1.43. The van der Waals surface area contributed by atoms with E-state index in [9.17, 15) is 4.79 Å². The molecule has 0 aliphatic carbocycles. The Morgan fingerprint density at radius 2 is 1.85 bits per heavy atom. The molecule has 0 amide bonds. The van der Waals surface area contributed by atoms with Gasteiger partial charge in [-0.1, -0.05) is 12.1 Å². The molecule has 0 atom stereocenters. The number of aromatic nitrogens is 2. The van der Waals surface area contributed by atoms with E-state index in [-0.39, 0.29) is 0 Å². The van der Waals surface area contributed by atoms with Crippen LogP contribution < -0.4 is 16.0 Å². The molecule has 0 spiro atoms. The topological polar surface area (TPSA) is 93.4 Å². The maximum absolute atomic E-state index is 12.1. The number of para-hydroxylation sites is 1. The summed E-state index contributed by atoms with van der Waals surface area (Å²) in [5.41, 5.74) is 8.61. The van der Waals surface area contributed by atoms with Crippen molar-refractivity contribution < 1.29 is 9.53 Å². The van der Waals surface area contributed by atoms with E-state index in [0.29, 0.717) is 28.6 Å². The first kappa shape index (κ1) is 18.9. The molecule has 2 aromatic carbocycles. The second-order valence-electron chi connectivity index (χ2n) is 5.66. The first-order chi connectivity index (χ1) is 13.0. The van der Waals surface area contributed by atoms with E-state index in [0.717, 1.165) is 9.26 Å². The van der Waals surface area contributed by atoms with Crippen molar-refractivity contribution in [3.05, 3.63) is 64.0 Å². The summed E-state index contributed by atoms with van der Waals surface area (Å²) in [4.78, 5) is 22.3. The number of anilines is 5. The van der Waals surface area contributed by atoms with Gasteiger partial charge < -0.3 is 20.7 Å². The summed E-state index contributed by atoms with van der Waals surface area (Å²) in [5.74, 6) is 0.542. The van der Waals surface area contributed by atoms with Gasteiger partial charge in [0.2, 0.25) is 0 Å². The first-order valence-electron chi connectivity index (χ1n) is 8.05. The van der Waals surface area contributed by atoms with E-state index in [1.807, 2.05) is 30.3 Å². The van der Waals surface area contributed by atoms with Crippen molar-refractivity contribution in [2.45, 2.75) is 0 Å². The molecule has 0 unspecified atom stereocenters. The maximum Gasteiger partial charge on any atom is 0.339 e. The zero-order chi connectivity index (χ0) is 19.4. The number of esters is 1. The molecule has 7 nitrogen and oxygen atoms in total. The summed E-state index contributed by atoms with van der Waals surface area (Å²) in [7, 11) is 3.14. The molecule has 3 aromatic rings. The lowest BCUT2D eigenvalue weighted by Gasteiger charge is -2.23. The highest BCUT2D eigenvalue weighted by Gasteiger charge is 2.19. The van der Waals surface area contributed by atoms with Gasteiger partial charge in [-0.2, -0.15) is 0 Å². The number of benzene rings is 2. The number of ether oxygens (including phenoxy) is 1. The minimum Gasteiger partial charge on any atom is -0.465 e. The van der Waals surface area contributed by atoms with Crippen molar-refractivity contribution in [2.75, 3.05) is 30.1 Å². The SMILES string of the molecule is COC(=O)c1ccccc1N(C)c1ncnc(Nc2ccc(I)cc2)c1N. The van der Waals surface area contributed by atoms with Gasteiger partial charge in [-0.15, -0.1) is 0 Å². The zero-order valence-corrected chi connectivity index (χ0v) is 17.0. The largest absolute Gasteiger partial charge is 0.465 e. The number of nitrogens with one attached hydrogen (secondary N) is 1. The van der Waals surface area contributed by atoms with E-state index in [1.54, 1.807) is 30.1 Å². The molecule has 0 saturated carbocycles. The van der Waals surface area contributed by atoms with E-state index < -0.39 is 5.97 Å². The molecule has 1 aromatic heterocycles. The number of carbonyl (C=O) groups is 1. The number of halogens is 1. The van der Waals surface area contributed by atoms with Crippen LogP contribution in [0.25, 0.3) is 0 Å². The van der Waals surface area contributed by atoms with Gasteiger partial charge in [-0.25, -0.2) is 14.8 Å². The van der Waals surface area contributed by atoms with Crippen LogP contribution in [0.4, 0.5) is 28.7 Å². The van der Waals surface area contributed by atoms with Crippen LogP contribution >= 0.6 is 22.6 Å². The highest BCUT2D eigenvalue weighted by atomic mass is 127. The maximum atomic E-state index is 12.1.